The predicted octanol–water partition coefficient (Wildman–Crippen LogP) is 2.77. The highest BCUT2D eigenvalue weighted by Crippen LogP contribution is 2.26. The molecular weight excluding hydrogens is 328 g/mol. The number of amides is 1. The second-order valence-corrected chi connectivity index (χ2v) is 6.08. The third-order valence-electron chi connectivity index (χ3n) is 4.46. The maximum absolute atomic E-state index is 12.4. The van der Waals surface area contributed by atoms with Crippen molar-refractivity contribution in [2.45, 2.75) is 38.1 Å². The van der Waals surface area contributed by atoms with Gasteiger partial charge < -0.3 is 20.5 Å². The van der Waals surface area contributed by atoms with Gasteiger partial charge in [0.25, 0.3) is 5.91 Å². The normalized spacial score (nSPS) is 16.1. The molecule has 1 aromatic rings. The molecule has 1 fully saturated rings. The van der Waals surface area contributed by atoms with Gasteiger partial charge in [-0.3, -0.25) is 4.79 Å². The van der Waals surface area contributed by atoms with Crippen molar-refractivity contribution in [1.82, 2.24) is 5.32 Å². The van der Waals surface area contributed by atoms with Crippen LogP contribution in [0.2, 0.25) is 0 Å². The van der Waals surface area contributed by atoms with Gasteiger partial charge in [0.1, 0.15) is 12.4 Å². The lowest BCUT2D eigenvalue weighted by Gasteiger charge is -2.30. The van der Waals surface area contributed by atoms with E-state index in [9.17, 15) is 4.79 Å². The lowest BCUT2D eigenvalue weighted by Crippen LogP contribution is -2.45. The number of rotatable bonds is 8. The van der Waals surface area contributed by atoms with Crippen LogP contribution in [0.3, 0.4) is 0 Å². The second-order valence-electron chi connectivity index (χ2n) is 6.08. The van der Waals surface area contributed by atoms with Crippen LogP contribution in [-0.2, 0) is 4.74 Å². The maximum atomic E-state index is 12.4. The molecule has 1 atom stereocenters. The fourth-order valence-corrected chi connectivity index (χ4v) is 3.10. The third-order valence-corrected chi connectivity index (χ3v) is 4.46. The van der Waals surface area contributed by atoms with Crippen LogP contribution in [-0.4, -0.2) is 38.8 Å². The summed E-state index contributed by atoms with van der Waals surface area (Å²) in [6.45, 7) is 1.54. The lowest BCUT2D eigenvalue weighted by atomic mass is 9.84. The van der Waals surface area contributed by atoms with Crippen LogP contribution in [0.15, 0.2) is 24.3 Å². The van der Waals surface area contributed by atoms with Gasteiger partial charge in [-0.2, -0.15) is 0 Å². The van der Waals surface area contributed by atoms with Gasteiger partial charge >= 0.3 is 0 Å². The highest BCUT2D eigenvalue weighted by atomic mass is 35.5. The van der Waals surface area contributed by atoms with Gasteiger partial charge in [-0.05, 0) is 43.0 Å². The van der Waals surface area contributed by atoms with Crippen molar-refractivity contribution in [1.29, 1.82) is 0 Å². The molecule has 0 bridgehead atoms. The number of carbonyl (C=O) groups is 1. The molecule has 0 radical (unpaired) electrons. The van der Waals surface area contributed by atoms with Crippen molar-refractivity contribution in [3.63, 3.8) is 0 Å². The van der Waals surface area contributed by atoms with E-state index in [1.165, 1.54) is 19.3 Å². The summed E-state index contributed by atoms with van der Waals surface area (Å²) >= 11 is 0. The van der Waals surface area contributed by atoms with Crippen molar-refractivity contribution in [2.24, 2.45) is 11.7 Å². The van der Waals surface area contributed by atoms with Crippen LogP contribution in [0.1, 0.15) is 42.5 Å². The number of hydrogen-bond acceptors (Lipinski definition) is 4. The first-order chi connectivity index (χ1) is 11.2. The summed E-state index contributed by atoms with van der Waals surface area (Å²) in [6, 6.07) is 7.25. The predicted molar refractivity (Wildman–Crippen MR) is 97.9 cm³/mol. The van der Waals surface area contributed by atoms with E-state index in [0.29, 0.717) is 31.2 Å². The number of nitrogens with one attached hydrogen (secondary N) is 1. The Balaban J connectivity index is 0.00000288. The molecule has 1 aromatic carbocycles. The Morgan fingerprint density at radius 3 is 2.46 bits per heavy atom. The smallest absolute Gasteiger partial charge is 0.251 e. The first-order valence-corrected chi connectivity index (χ1v) is 8.47. The molecule has 0 aromatic heterocycles. The van der Waals surface area contributed by atoms with Gasteiger partial charge in [0.2, 0.25) is 0 Å². The molecule has 1 saturated carbocycles. The number of benzene rings is 1. The van der Waals surface area contributed by atoms with Gasteiger partial charge in [0.05, 0.1) is 6.61 Å². The van der Waals surface area contributed by atoms with E-state index in [0.717, 1.165) is 18.6 Å². The zero-order chi connectivity index (χ0) is 16.5. The molecular formula is C18H29ClN2O3. The topological polar surface area (TPSA) is 73.6 Å². The molecule has 24 heavy (non-hydrogen) atoms. The minimum Gasteiger partial charge on any atom is -0.491 e. The van der Waals surface area contributed by atoms with Crippen molar-refractivity contribution in [3.05, 3.63) is 29.8 Å². The first-order valence-electron chi connectivity index (χ1n) is 8.47. The van der Waals surface area contributed by atoms with Gasteiger partial charge in [-0.1, -0.05) is 19.3 Å². The highest BCUT2D eigenvalue weighted by Gasteiger charge is 2.24. The fourth-order valence-electron chi connectivity index (χ4n) is 3.10. The molecule has 0 spiro atoms. The number of methoxy groups -OCH3 is 1. The van der Waals surface area contributed by atoms with E-state index >= 15 is 0 Å². The van der Waals surface area contributed by atoms with Crippen molar-refractivity contribution >= 4 is 18.3 Å². The summed E-state index contributed by atoms with van der Waals surface area (Å²) in [7, 11) is 1.64. The number of nitrogens with two attached hydrogens (primary N) is 1. The Hall–Kier alpha value is -1.30. The SMILES string of the molecule is COCCOc1ccc(C(=O)NC(CN)C2CCCCC2)cc1.Cl. The van der Waals surface area contributed by atoms with Crippen LogP contribution in [0.4, 0.5) is 0 Å². The van der Waals surface area contributed by atoms with Crippen LogP contribution in [0.5, 0.6) is 5.75 Å². The quantitative estimate of drug-likeness (QED) is 0.702. The van der Waals surface area contributed by atoms with Gasteiger partial charge in [-0.25, -0.2) is 0 Å². The Morgan fingerprint density at radius 2 is 1.88 bits per heavy atom. The molecule has 3 N–H and O–H groups in total. The summed E-state index contributed by atoms with van der Waals surface area (Å²) in [5.74, 6) is 1.19. The largest absolute Gasteiger partial charge is 0.491 e. The maximum Gasteiger partial charge on any atom is 0.251 e. The summed E-state index contributed by atoms with van der Waals surface area (Å²) in [5.41, 5.74) is 6.51. The summed E-state index contributed by atoms with van der Waals surface area (Å²) < 4.78 is 10.4. The molecule has 0 saturated heterocycles. The molecule has 2 rings (SSSR count). The van der Waals surface area contributed by atoms with Crippen LogP contribution < -0.4 is 15.8 Å². The zero-order valence-corrected chi connectivity index (χ0v) is 15.1. The molecule has 0 heterocycles. The van der Waals surface area contributed by atoms with E-state index in [2.05, 4.69) is 5.32 Å². The first kappa shape index (κ1) is 20.7. The lowest BCUT2D eigenvalue weighted by molar-refractivity contribution is 0.0915. The van der Waals surface area contributed by atoms with E-state index in [-0.39, 0.29) is 24.4 Å². The van der Waals surface area contributed by atoms with Gasteiger partial charge in [0, 0.05) is 25.3 Å². The Bertz CT molecular complexity index is 476. The Morgan fingerprint density at radius 1 is 1.21 bits per heavy atom. The number of carbonyl (C=O) groups excluding carboxylic acids is 1. The van der Waals surface area contributed by atoms with Crippen molar-refractivity contribution in [2.75, 3.05) is 26.9 Å². The van der Waals surface area contributed by atoms with Gasteiger partial charge in [0.15, 0.2) is 0 Å². The molecule has 5 nitrogen and oxygen atoms in total. The third kappa shape index (κ3) is 6.30. The fraction of sp³-hybridized carbons (Fsp3) is 0.611. The summed E-state index contributed by atoms with van der Waals surface area (Å²) in [5, 5.41) is 3.10. The van der Waals surface area contributed by atoms with E-state index in [1.807, 2.05) is 12.1 Å². The Labute approximate surface area is 150 Å². The van der Waals surface area contributed by atoms with E-state index in [4.69, 9.17) is 15.2 Å². The van der Waals surface area contributed by atoms with Crippen molar-refractivity contribution < 1.29 is 14.3 Å². The minimum absolute atomic E-state index is 0. The summed E-state index contributed by atoms with van der Waals surface area (Å²) in [6.07, 6.45) is 6.10. The number of ether oxygens (including phenoxy) is 2. The minimum atomic E-state index is -0.0607. The molecule has 1 aliphatic rings. The average molecular weight is 357 g/mol. The van der Waals surface area contributed by atoms with Crippen LogP contribution in [0.25, 0.3) is 0 Å². The molecule has 136 valence electrons. The molecule has 1 aliphatic carbocycles. The van der Waals surface area contributed by atoms with Crippen LogP contribution in [0, 0.1) is 5.92 Å². The van der Waals surface area contributed by atoms with E-state index < -0.39 is 0 Å². The van der Waals surface area contributed by atoms with Crippen LogP contribution >= 0.6 is 12.4 Å². The van der Waals surface area contributed by atoms with Crippen molar-refractivity contribution in [3.8, 4) is 5.75 Å². The summed E-state index contributed by atoms with van der Waals surface area (Å²) in [4.78, 5) is 12.4. The Kier molecular flexibility index (Phi) is 9.76. The number of halogens is 1. The average Bonchev–Trinajstić information content (AvgIpc) is 2.61. The second kappa shape index (κ2) is 11.3. The molecule has 0 aliphatic heterocycles. The molecule has 1 unspecified atom stereocenters. The van der Waals surface area contributed by atoms with Gasteiger partial charge in [-0.15, -0.1) is 12.4 Å². The monoisotopic (exact) mass is 356 g/mol. The molecule has 1 amide bonds. The zero-order valence-electron chi connectivity index (χ0n) is 14.3. The number of hydrogen-bond donors (Lipinski definition) is 2. The van der Waals surface area contributed by atoms with E-state index in [1.54, 1.807) is 19.2 Å². The highest BCUT2D eigenvalue weighted by molar-refractivity contribution is 5.94. The molecule has 6 heteroatoms. The standard InChI is InChI=1S/C18H28N2O3.ClH/c1-22-11-12-23-16-9-7-15(8-10-16)18(21)20-17(13-19)14-5-3-2-4-6-14;/h7-10,14,17H,2-6,11-13,19H2,1H3,(H,20,21);1H.